The number of nitrogens with one attached hydrogen (secondary N) is 1. The fourth-order valence-electron chi connectivity index (χ4n) is 3.49. The molecule has 0 bridgehead atoms. The van der Waals surface area contributed by atoms with Gasteiger partial charge in [0.05, 0.1) is 6.10 Å². The Hall–Kier alpha value is -3.34. The van der Waals surface area contributed by atoms with Gasteiger partial charge in [-0.05, 0) is 81.5 Å². The van der Waals surface area contributed by atoms with Crippen molar-refractivity contribution >= 4 is 5.91 Å². The molecule has 3 rings (SSSR count). The van der Waals surface area contributed by atoms with E-state index in [1.54, 1.807) is 0 Å². The summed E-state index contributed by atoms with van der Waals surface area (Å²) in [6, 6.07) is 17.5. The molecule has 5 heteroatoms. The molecular formula is C26H30N2O3. The number of carbonyl (C=O) groups excluding carboxylic acids is 1. The number of rotatable bonds is 8. The molecule has 162 valence electrons. The van der Waals surface area contributed by atoms with Crippen molar-refractivity contribution in [2.24, 2.45) is 0 Å². The molecule has 1 atom stereocenters. The fourth-order valence-corrected chi connectivity index (χ4v) is 3.49. The Balaban J connectivity index is 1.51. The molecule has 5 nitrogen and oxygen atoms in total. The third kappa shape index (κ3) is 6.07. The highest BCUT2D eigenvalue weighted by Gasteiger charge is 2.11. The van der Waals surface area contributed by atoms with Gasteiger partial charge in [0.15, 0.2) is 0 Å². The predicted octanol–water partition coefficient (Wildman–Crippen LogP) is 5.04. The maximum Gasteiger partial charge on any atom is 0.251 e. The van der Waals surface area contributed by atoms with Crippen molar-refractivity contribution in [1.29, 1.82) is 0 Å². The molecule has 1 amide bonds. The second-order valence-corrected chi connectivity index (χ2v) is 7.99. The molecule has 2 N–H and O–H groups in total. The average molecular weight is 419 g/mol. The number of hydrogen-bond acceptors (Lipinski definition) is 4. The molecule has 1 aromatic heterocycles. The van der Waals surface area contributed by atoms with Gasteiger partial charge in [-0.2, -0.15) is 0 Å². The highest BCUT2D eigenvalue weighted by molar-refractivity contribution is 5.94. The average Bonchev–Trinajstić information content (AvgIpc) is 2.73. The van der Waals surface area contributed by atoms with Crippen molar-refractivity contribution in [2.75, 3.05) is 0 Å². The number of aromatic hydroxyl groups is 1. The first-order valence-electron chi connectivity index (χ1n) is 10.6. The molecular weight excluding hydrogens is 388 g/mol. The first-order valence-corrected chi connectivity index (χ1v) is 10.6. The minimum atomic E-state index is -0.179. The van der Waals surface area contributed by atoms with Gasteiger partial charge in [-0.3, -0.25) is 4.79 Å². The summed E-state index contributed by atoms with van der Waals surface area (Å²) >= 11 is 0. The molecule has 0 aliphatic rings. The van der Waals surface area contributed by atoms with Crippen LogP contribution >= 0.6 is 0 Å². The van der Waals surface area contributed by atoms with Crippen LogP contribution in [0.1, 0.15) is 51.7 Å². The Labute approximate surface area is 184 Å². The Kier molecular flexibility index (Phi) is 7.29. The van der Waals surface area contributed by atoms with E-state index in [-0.39, 0.29) is 24.4 Å². The predicted molar refractivity (Wildman–Crippen MR) is 123 cm³/mol. The summed E-state index contributed by atoms with van der Waals surface area (Å²) in [6.45, 7) is 8.08. The molecule has 0 aliphatic carbocycles. The quantitative estimate of drug-likeness (QED) is 0.537. The van der Waals surface area contributed by atoms with E-state index in [1.807, 2.05) is 75.4 Å². The van der Waals surface area contributed by atoms with Crippen LogP contribution in [0.5, 0.6) is 11.6 Å². The van der Waals surface area contributed by atoms with E-state index in [2.05, 4.69) is 17.2 Å². The van der Waals surface area contributed by atoms with Crippen LogP contribution in [-0.4, -0.2) is 22.1 Å². The molecule has 3 aromatic rings. The van der Waals surface area contributed by atoms with Crippen LogP contribution < -0.4 is 10.1 Å². The lowest BCUT2D eigenvalue weighted by molar-refractivity contribution is 0.0950. The fraction of sp³-hybridized carbons (Fsp3) is 0.308. The number of aromatic nitrogens is 1. The van der Waals surface area contributed by atoms with Crippen LogP contribution in [0, 0.1) is 20.8 Å². The highest BCUT2D eigenvalue weighted by Crippen LogP contribution is 2.20. The SMILES string of the molecule is Cc1cc(C)c(CNC(=O)c2ccc(CCC(C)Oc3ccccc3C)cc2)c(O)n1. The van der Waals surface area contributed by atoms with Gasteiger partial charge in [0.25, 0.3) is 5.91 Å². The molecule has 0 spiro atoms. The highest BCUT2D eigenvalue weighted by atomic mass is 16.5. The van der Waals surface area contributed by atoms with Crippen molar-refractivity contribution in [3.05, 3.63) is 88.1 Å². The number of hydrogen-bond donors (Lipinski definition) is 2. The van der Waals surface area contributed by atoms with E-state index >= 15 is 0 Å². The molecule has 0 saturated heterocycles. The lowest BCUT2D eigenvalue weighted by atomic mass is 10.0. The summed E-state index contributed by atoms with van der Waals surface area (Å²) in [6.07, 6.45) is 1.86. The number of nitrogens with zero attached hydrogens (tertiary/aromatic N) is 1. The molecule has 1 unspecified atom stereocenters. The maximum absolute atomic E-state index is 12.5. The van der Waals surface area contributed by atoms with Crippen molar-refractivity contribution in [3.8, 4) is 11.6 Å². The summed E-state index contributed by atoms with van der Waals surface area (Å²) in [4.78, 5) is 16.5. The van der Waals surface area contributed by atoms with E-state index in [9.17, 15) is 9.90 Å². The van der Waals surface area contributed by atoms with Crippen molar-refractivity contribution in [3.63, 3.8) is 0 Å². The normalized spacial score (nSPS) is 11.7. The van der Waals surface area contributed by atoms with E-state index in [0.717, 1.165) is 41.0 Å². The number of amides is 1. The number of ether oxygens (including phenoxy) is 1. The zero-order valence-corrected chi connectivity index (χ0v) is 18.6. The maximum atomic E-state index is 12.5. The number of benzene rings is 2. The van der Waals surface area contributed by atoms with E-state index in [1.165, 1.54) is 0 Å². The van der Waals surface area contributed by atoms with E-state index in [0.29, 0.717) is 11.1 Å². The lowest BCUT2D eigenvalue weighted by Crippen LogP contribution is -2.23. The number of aryl methyl sites for hydroxylation is 4. The minimum Gasteiger partial charge on any atom is -0.493 e. The molecule has 0 aliphatic heterocycles. The van der Waals surface area contributed by atoms with Gasteiger partial charge in [-0.1, -0.05) is 30.3 Å². The van der Waals surface area contributed by atoms with Gasteiger partial charge >= 0.3 is 0 Å². The third-order valence-electron chi connectivity index (χ3n) is 5.36. The van der Waals surface area contributed by atoms with Crippen LogP contribution in [-0.2, 0) is 13.0 Å². The summed E-state index contributed by atoms with van der Waals surface area (Å²) in [5, 5.41) is 12.9. The number of para-hydroxylation sites is 1. The molecule has 0 saturated carbocycles. The van der Waals surface area contributed by atoms with Gasteiger partial charge < -0.3 is 15.2 Å². The van der Waals surface area contributed by atoms with Crippen LogP contribution in [0.25, 0.3) is 0 Å². The second-order valence-electron chi connectivity index (χ2n) is 7.99. The van der Waals surface area contributed by atoms with Crippen LogP contribution in [0.3, 0.4) is 0 Å². The lowest BCUT2D eigenvalue weighted by Gasteiger charge is -2.16. The zero-order chi connectivity index (χ0) is 22.4. The summed E-state index contributed by atoms with van der Waals surface area (Å²) in [5.41, 5.74) is 5.17. The third-order valence-corrected chi connectivity index (χ3v) is 5.36. The van der Waals surface area contributed by atoms with Gasteiger partial charge in [0, 0.05) is 23.4 Å². The molecule has 0 fully saturated rings. The second kappa shape index (κ2) is 10.1. The van der Waals surface area contributed by atoms with Crippen LogP contribution in [0.2, 0.25) is 0 Å². The Morgan fingerprint density at radius 3 is 2.45 bits per heavy atom. The van der Waals surface area contributed by atoms with E-state index in [4.69, 9.17) is 4.74 Å². The molecule has 0 radical (unpaired) electrons. The van der Waals surface area contributed by atoms with E-state index < -0.39 is 0 Å². The van der Waals surface area contributed by atoms with Gasteiger partial charge in [-0.25, -0.2) is 4.98 Å². The monoisotopic (exact) mass is 418 g/mol. The largest absolute Gasteiger partial charge is 0.493 e. The molecule has 1 heterocycles. The van der Waals surface area contributed by atoms with Crippen molar-refractivity contribution < 1.29 is 14.6 Å². The first-order chi connectivity index (χ1) is 14.8. The van der Waals surface area contributed by atoms with Crippen LogP contribution in [0.15, 0.2) is 54.6 Å². The van der Waals surface area contributed by atoms with Crippen molar-refractivity contribution in [1.82, 2.24) is 10.3 Å². The Bertz CT molecular complexity index is 1020. The zero-order valence-electron chi connectivity index (χ0n) is 18.6. The summed E-state index contributed by atoms with van der Waals surface area (Å²) in [5.74, 6) is 0.712. The van der Waals surface area contributed by atoms with Crippen LogP contribution in [0.4, 0.5) is 0 Å². The Morgan fingerprint density at radius 1 is 1.06 bits per heavy atom. The topological polar surface area (TPSA) is 71.5 Å². The van der Waals surface area contributed by atoms with Crippen molar-refractivity contribution in [2.45, 2.75) is 53.2 Å². The minimum absolute atomic E-state index is 0.0322. The molecule has 31 heavy (non-hydrogen) atoms. The smallest absolute Gasteiger partial charge is 0.251 e. The number of carbonyl (C=O) groups is 1. The Morgan fingerprint density at radius 2 is 1.77 bits per heavy atom. The van der Waals surface area contributed by atoms with Gasteiger partial charge in [-0.15, -0.1) is 0 Å². The van der Waals surface area contributed by atoms with Gasteiger partial charge in [0.1, 0.15) is 5.75 Å². The standard InChI is InChI=1S/C26H30N2O3/c1-17-7-5-6-8-24(17)31-20(4)9-10-21-11-13-22(14-12-21)25(29)27-16-23-18(2)15-19(3)28-26(23)30/h5-8,11-15,20H,9-10,16H2,1-4H3,(H,27,29)(H,28,30). The summed E-state index contributed by atoms with van der Waals surface area (Å²) < 4.78 is 6.04. The van der Waals surface area contributed by atoms with Gasteiger partial charge in [0.2, 0.25) is 5.88 Å². The number of pyridine rings is 1. The molecule has 2 aromatic carbocycles. The first kappa shape index (κ1) is 22.3. The summed E-state index contributed by atoms with van der Waals surface area (Å²) in [7, 11) is 0.